The Kier molecular flexibility index (Phi) is 4.60. The van der Waals surface area contributed by atoms with Crippen molar-refractivity contribution in [3.8, 4) is 0 Å². The van der Waals surface area contributed by atoms with Gasteiger partial charge in [-0.15, -0.1) is 0 Å². The summed E-state index contributed by atoms with van der Waals surface area (Å²) in [5.41, 5.74) is 0.167. The number of rotatable bonds is 3. The van der Waals surface area contributed by atoms with Gasteiger partial charge in [0.05, 0.1) is 0 Å². The Bertz CT molecular complexity index is 445. The van der Waals surface area contributed by atoms with E-state index in [-0.39, 0.29) is 18.1 Å². The first-order valence-corrected chi connectivity index (χ1v) is 6.84. The molecule has 0 bridgehead atoms. The summed E-state index contributed by atoms with van der Waals surface area (Å²) in [6.07, 6.45) is 7.34. The van der Waals surface area contributed by atoms with Gasteiger partial charge in [-0.2, -0.15) is 0 Å². The summed E-state index contributed by atoms with van der Waals surface area (Å²) in [5, 5.41) is 9.01. The summed E-state index contributed by atoms with van der Waals surface area (Å²) < 4.78 is 1.50. The Labute approximate surface area is 112 Å². The van der Waals surface area contributed by atoms with E-state index in [9.17, 15) is 9.59 Å². The summed E-state index contributed by atoms with van der Waals surface area (Å²) in [6, 6.07) is 3.17. The Morgan fingerprint density at radius 1 is 1.11 bits per heavy atom. The zero-order chi connectivity index (χ0) is 13.7. The van der Waals surface area contributed by atoms with E-state index >= 15 is 0 Å². The topological polar surface area (TPSA) is 62.5 Å². The van der Waals surface area contributed by atoms with Crippen molar-refractivity contribution < 1.29 is 14.7 Å². The number of carboxylic acids is 1. The molecule has 5 heteroatoms. The largest absolute Gasteiger partial charge is 0.477 e. The number of nitrogens with zero attached hydrogens (tertiary/aromatic N) is 2. The van der Waals surface area contributed by atoms with Crippen LogP contribution in [-0.2, 0) is 11.3 Å². The van der Waals surface area contributed by atoms with Crippen LogP contribution in [0.15, 0.2) is 18.3 Å². The maximum atomic E-state index is 12.2. The smallest absolute Gasteiger partial charge is 0.352 e. The number of carboxylic acid groups (broad SMARTS) is 1. The van der Waals surface area contributed by atoms with Crippen LogP contribution in [0.25, 0.3) is 0 Å². The molecule has 5 nitrogen and oxygen atoms in total. The van der Waals surface area contributed by atoms with Crippen molar-refractivity contribution in [2.24, 2.45) is 0 Å². The molecule has 0 spiro atoms. The lowest BCUT2D eigenvalue weighted by molar-refractivity contribution is -0.132. The van der Waals surface area contributed by atoms with Crippen molar-refractivity contribution in [2.75, 3.05) is 13.1 Å². The van der Waals surface area contributed by atoms with Gasteiger partial charge in [-0.05, 0) is 25.0 Å². The molecule has 104 valence electrons. The molecular weight excluding hydrogens is 244 g/mol. The van der Waals surface area contributed by atoms with Crippen molar-refractivity contribution in [2.45, 2.75) is 38.6 Å². The number of carbonyl (C=O) groups excluding carboxylic acids is 1. The zero-order valence-electron chi connectivity index (χ0n) is 11.0. The highest BCUT2D eigenvalue weighted by Crippen LogP contribution is 2.11. The molecule has 1 N–H and O–H groups in total. The molecule has 1 aromatic heterocycles. The standard InChI is InChI=1S/C14H20N2O3/c17-13(15-8-4-2-1-3-5-9-15)11-16-10-6-7-12(16)14(18)19/h6-7,10H,1-5,8-9,11H2,(H,18,19). The molecule has 19 heavy (non-hydrogen) atoms. The molecule has 0 aliphatic carbocycles. The third kappa shape index (κ3) is 3.59. The Hall–Kier alpha value is -1.78. The first-order chi connectivity index (χ1) is 9.18. The van der Waals surface area contributed by atoms with E-state index in [1.54, 1.807) is 12.3 Å². The molecule has 0 atom stereocenters. The predicted molar refractivity (Wildman–Crippen MR) is 71.1 cm³/mol. The average molecular weight is 264 g/mol. The molecule has 0 saturated carbocycles. The maximum absolute atomic E-state index is 12.2. The van der Waals surface area contributed by atoms with Crippen LogP contribution in [0, 0.1) is 0 Å². The molecule has 2 heterocycles. The Morgan fingerprint density at radius 3 is 2.37 bits per heavy atom. The lowest BCUT2D eigenvalue weighted by atomic mass is 10.1. The molecule has 1 saturated heterocycles. The SMILES string of the molecule is O=C(O)c1cccn1CC(=O)N1CCCCCCC1. The van der Waals surface area contributed by atoms with Crippen molar-refractivity contribution in [3.63, 3.8) is 0 Å². The highest BCUT2D eigenvalue weighted by molar-refractivity contribution is 5.86. The molecule has 1 amide bonds. The zero-order valence-corrected chi connectivity index (χ0v) is 11.0. The van der Waals surface area contributed by atoms with E-state index in [0.717, 1.165) is 25.9 Å². The lowest BCUT2D eigenvalue weighted by Gasteiger charge is -2.25. The second-order valence-corrected chi connectivity index (χ2v) is 4.98. The van der Waals surface area contributed by atoms with Crippen LogP contribution in [0.3, 0.4) is 0 Å². The van der Waals surface area contributed by atoms with E-state index in [1.165, 1.54) is 29.9 Å². The van der Waals surface area contributed by atoms with Crippen LogP contribution in [0.2, 0.25) is 0 Å². The van der Waals surface area contributed by atoms with E-state index in [1.807, 2.05) is 4.90 Å². The van der Waals surface area contributed by atoms with Crippen LogP contribution < -0.4 is 0 Å². The quantitative estimate of drug-likeness (QED) is 0.908. The van der Waals surface area contributed by atoms with Gasteiger partial charge in [-0.3, -0.25) is 4.79 Å². The van der Waals surface area contributed by atoms with Crippen LogP contribution in [0.5, 0.6) is 0 Å². The fourth-order valence-electron chi connectivity index (χ4n) is 2.49. The molecule has 0 aromatic carbocycles. The number of aromatic nitrogens is 1. The van der Waals surface area contributed by atoms with Gasteiger partial charge >= 0.3 is 5.97 Å². The minimum atomic E-state index is -0.995. The number of hydrogen-bond acceptors (Lipinski definition) is 2. The van der Waals surface area contributed by atoms with Gasteiger partial charge in [0.1, 0.15) is 12.2 Å². The van der Waals surface area contributed by atoms with Gasteiger partial charge in [0.15, 0.2) is 0 Å². The molecule has 0 radical (unpaired) electrons. The molecular formula is C14H20N2O3. The van der Waals surface area contributed by atoms with Crippen LogP contribution in [0.1, 0.15) is 42.6 Å². The molecule has 0 unspecified atom stereocenters. The average Bonchev–Trinajstić information content (AvgIpc) is 2.76. The summed E-state index contributed by atoms with van der Waals surface area (Å²) in [5.74, 6) is -0.980. The Balaban J connectivity index is 1.99. The summed E-state index contributed by atoms with van der Waals surface area (Å²) in [6.45, 7) is 1.71. The van der Waals surface area contributed by atoms with Gasteiger partial charge in [-0.25, -0.2) is 4.79 Å². The fourth-order valence-corrected chi connectivity index (χ4v) is 2.49. The second kappa shape index (κ2) is 6.41. The summed E-state index contributed by atoms with van der Waals surface area (Å²) in [7, 11) is 0. The van der Waals surface area contributed by atoms with Gasteiger partial charge in [0.25, 0.3) is 0 Å². The first-order valence-electron chi connectivity index (χ1n) is 6.84. The maximum Gasteiger partial charge on any atom is 0.352 e. The first kappa shape index (κ1) is 13.6. The minimum absolute atomic E-state index is 0.0144. The fraction of sp³-hybridized carbons (Fsp3) is 0.571. The van der Waals surface area contributed by atoms with E-state index in [2.05, 4.69) is 0 Å². The molecule has 1 aromatic rings. The molecule has 1 fully saturated rings. The van der Waals surface area contributed by atoms with Gasteiger partial charge in [0.2, 0.25) is 5.91 Å². The van der Waals surface area contributed by atoms with Gasteiger partial charge in [-0.1, -0.05) is 19.3 Å². The van der Waals surface area contributed by atoms with Crippen molar-refractivity contribution in [3.05, 3.63) is 24.0 Å². The number of likely N-dealkylation sites (tertiary alicyclic amines) is 1. The predicted octanol–water partition coefficient (Wildman–Crippen LogP) is 1.98. The lowest BCUT2D eigenvalue weighted by Crippen LogP contribution is -2.36. The summed E-state index contributed by atoms with van der Waals surface area (Å²) in [4.78, 5) is 25.1. The van der Waals surface area contributed by atoms with Gasteiger partial charge < -0.3 is 14.6 Å². The third-order valence-electron chi connectivity index (χ3n) is 3.56. The van der Waals surface area contributed by atoms with E-state index in [4.69, 9.17) is 5.11 Å². The van der Waals surface area contributed by atoms with E-state index in [0.29, 0.717) is 0 Å². The number of aromatic carboxylic acids is 1. The van der Waals surface area contributed by atoms with Crippen molar-refractivity contribution in [1.82, 2.24) is 9.47 Å². The molecule has 1 aliphatic heterocycles. The molecule has 2 rings (SSSR count). The monoisotopic (exact) mass is 264 g/mol. The number of carbonyl (C=O) groups is 2. The van der Waals surface area contributed by atoms with E-state index < -0.39 is 5.97 Å². The minimum Gasteiger partial charge on any atom is -0.477 e. The third-order valence-corrected chi connectivity index (χ3v) is 3.56. The van der Waals surface area contributed by atoms with Crippen molar-refractivity contribution >= 4 is 11.9 Å². The Morgan fingerprint density at radius 2 is 1.74 bits per heavy atom. The second-order valence-electron chi connectivity index (χ2n) is 4.98. The molecule has 1 aliphatic rings. The highest BCUT2D eigenvalue weighted by Gasteiger charge is 2.17. The van der Waals surface area contributed by atoms with Crippen LogP contribution in [0.4, 0.5) is 0 Å². The van der Waals surface area contributed by atoms with Crippen molar-refractivity contribution in [1.29, 1.82) is 0 Å². The highest BCUT2D eigenvalue weighted by atomic mass is 16.4. The summed E-state index contributed by atoms with van der Waals surface area (Å²) >= 11 is 0. The normalized spacial score (nSPS) is 16.7. The number of hydrogen-bond donors (Lipinski definition) is 1. The van der Waals surface area contributed by atoms with Crippen LogP contribution in [-0.4, -0.2) is 39.5 Å². The van der Waals surface area contributed by atoms with Crippen LogP contribution >= 0.6 is 0 Å². The van der Waals surface area contributed by atoms with Gasteiger partial charge in [0, 0.05) is 19.3 Å². The number of amides is 1.